The molecule has 3 amide bonds. The largest absolute Gasteiger partial charge is 0.463 e. The van der Waals surface area contributed by atoms with E-state index in [-0.39, 0.29) is 43.2 Å². The summed E-state index contributed by atoms with van der Waals surface area (Å²) in [7, 11) is 0. The van der Waals surface area contributed by atoms with Gasteiger partial charge < -0.3 is 20.3 Å². The Morgan fingerprint density at radius 2 is 1.72 bits per heavy atom. The lowest BCUT2D eigenvalue weighted by atomic mass is 9.83. The molecular formula is C24H31N3O5. The van der Waals surface area contributed by atoms with Crippen molar-refractivity contribution in [1.29, 1.82) is 0 Å². The predicted molar refractivity (Wildman–Crippen MR) is 118 cm³/mol. The van der Waals surface area contributed by atoms with Crippen LogP contribution in [-0.2, 0) is 23.9 Å². The standard InChI is InChI=1S/C24H31N3O5/c1-4-32-24(31)22-16(3)27(14-21(29)26-11-9-18(10-12-26)23(25)30)20(28)13-19(22)17-7-5-15(2)6-8-17/h5-8,18-19H,4,9-14H2,1-3H3,(H2,25,30). The fraction of sp³-hybridized carbons (Fsp3) is 0.500. The van der Waals surface area contributed by atoms with Crippen LogP contribution in [0, 0.1) is 12.8 Å². The predicted octanol–water partition coefficient (Wildman–Crippen LogP) is 1.87. The van der Waals surface area contributed by atoms with Crippen LogP contribution in [0.4, 0.5) is 0 Å². The molecule has 0 aliphatic carbocycles. The third kappa shape index (κ3) is 5.00. The van der Waals surface area contributed by atoms with Gasteiger partial charge in [0.2, 0.25) is 17.7 Å². The number of primary amides is 1. The van der Waals surface area contributed by atoms with E-state index in [1.54, 1.807) is 18.7 Å². The number of nitrogens with two attached hydrogens (primary N) is 1. The van der Waals surface area contributed by atoms with Crippen molar-refractivity contribution in [2.75, 3.05) is 26.2 Å². The number of esters is 1. The number of piperidine rings is 1. The molecule has 3 rings (SSSR count). The first-order valence-electron chi connectivity index (χ1n) is 11.0. The van der Waals surface area contributed by atoms with Crippen LogP contribution in [0.5, 0.6) is 0 Å². The first-order valence-corrected chi connectivity index (χ1v) is 11.0. The second-order valence-corrected chi connectivity index (χ2v) is 8.42. The number of amides is 3. The summed E-state index contributed by atoms with van der Waals surface area (Å²) in [4.78, 5) is 53.2. The highest BCUT2D eigenvalue weighted by atomic mass is 16.5. The fourth-order valence-electron chi connectivity index (χ4n) is 4.41. The van der Waals surface area contributed by atoms with Gasteiger partial charge in [0, 0.05) is 37.0 Å². The zero-order valence-corrected chi connectivity index (χ0v) is 18.9. The van der Waals surface area contributed by atoms with Crippen molar-refractivity contribution in [2.24, 2.45) is 11.7 Å². The minimum atomic E-state index is -0.470. The van der Waals surface area contributed by atoms with Gasteiger partial charge >= 0.3 is 5.97 Å². The highest BCUT2D eigenvalue weighted by molar-refractivity contribution is 5.97. The molecule has 1 saturated heterocycles. The molecule has 0 saturated carbocycles. The average molecular weight is 442 g/mol. The van der Waals surface area contributed by atoms with Gasteiger partial charge in [-0.3, -0.25) is 14.4 Å². The molecule has 1 fully saturated rings. The molecule has 1 aromatic rings. The van der Waals surface area contributed by atoms with Crippen molar-refractivity contribution in [3.8, 4) is 0 Å². The van der Waals surface area contributed by atoms with Gasteiger partial charge in [0.25, 0.3) is 0 Å². The summed E-state index contributed by atoms with van der Waals surface area (Å²) in [5.74, 6) is -1.87. The summed E-state index contributed by atoms with van der Waals surface area (Å²) < 4.78 is 5.29. The number of allylic oxidation sites excluding steroid dienone is 1. The number of hydrogen-bond acceptors (Lipinski definition) is 5. The van der Waals surface area contributed by atoms with Crippen LogP contribution in [0.2, 0.25) is 0 Å². The molecule has 2 N–H and O–H groups in total. The van der Waals surface area contributed by atoms with Gasteiger partial charge in [0.15, 0.2) is 0 Å². The normalized spacial score (nSPS) is 19.8. The van der Waals surface area contributed by atoms with Gasteiger partial charge in [-0.25, -0.2) is 4.79 Å². The fourth-order valence-corrected chi connectivity index (χ4v) is 4.41. The van der Waals surface area contributed by atoms with Crippen LogP contribution < -0.4 is 5.73 Å². The molecule has 172 valence electrons. The number of aryl methyl sites for hydroxylation is 1. The summed E-state index contributed by atoms with van der Waals surface area (Å²) in [6, 6.07) is 7.74. The van der Waals surface area contributed by atoms with Crippen molar-refractivity contribution >= 4 is 23.7 Å². The average Bonchev–Trinajstić information content (AvgIpc) is 2.76. The Balaban J connectivity index is 1.84. The SMILES string of the molecule is CCOC(=O)C1=C(C)N(CC(=O)N2CCC(C(N)=O)CC2)C(=O)CC1c1ccc(C)cc1. The Bertz CT molecular complexity index is 929. The quantitative estimate of drug-likeness (QED) is 0.678. The molecule has 1 atom stereocenters. The number of hydrogen-bond donors (Lipinski definition) is 1. The van der Waals surface area contributed by atoms with E-state index in [2.05, 4.69) is 0 Å². The maximum atomic E-state index is 13.0. The van der Waals surface area contributed by atoms with E-state index in [0.717, 1.165) is 11.1 Å². The Morgan fingerprint density at radius 1 is 1.09 bits per heavy atom. The van der Waals surface area contributed by atoms with Crippen LogP contribution in [0.1, 0.15) is 50.2 Å². The molecule has 32 heavy (non-hydrogen) atoms. The van der Waals surface area contributed by atoms with Crippen molar-refractivity contribution in [2.45, 2.75) is 46.0 Å². The van der Waals surface area contributed by atoms with E-state index in [0.29, 0.717) is 37.2 Å². The maximum Gasteiger partial charge on any atom is 0.336 e. The third-order valence-corrected chi connectivity index (χ3v) is 6.34. The zero-order valence-electron chi connectivity index (χ0n) is 18.9. The van der Waals surface area contributed by atoms with Gasteiger partial charge in [0.1, 0.15) is 6.54 Å². The van der Waals surface area contributed by atoms with E-state index in [4.69, 9.17) is 10.5 Å². The Hall–Kier alpha value is -3.16. The molecule has 2 aliphatic heterocycles. The first-order chi connectivity index (χ1) is 15.2. The number of benzene rings is 1. The van der Waals surface area contributed by atoms with Crippen LogP contribution in [-0.4, -0.2) is 59.7 Å². The second kappa shape index (κ2) is 9.97. The summed E-state index contributed by atoms with van der Waals surface area (Å²) in [5.41, 5.74) is 8.18. The van der Waals surface area contributed by atoms with Crippen LogP contribution >= 0.6 is 0 Å². The highest BCUT2D eigenvalue weighted by Crippen LogP contribution is 2.37. The van der Waals surface area contributed by atoms with Gasteiger partial charge in [0.05, 0.1) is 12.2 Å². The number of rotatable bonds is 6. The van der Waals surface area contributed by atoms with E-state index < -0.39 is 11.9 Å². The van der Waals surface area contributed by atoms with Crippen LogP contribution in [0.25, 0.3) is 0 Å². The minimum absolute atomic E-state index is 0.0889. The molecule has 8 heteroatoms. The lowest BCUT2D eigenvalue weighted by molar-refractivity contribution is -0.143. The number of carbonyl (C=O) groups is 4. The van der Waals surface area contributed by atoms with E-state index in [9.17, 15) is 19.2 Å². The van der Waals surface area contributed by atoms with Gasteiger partial charge in [-0.1, -0.05) is 29.8 Å². The van der Waals surface area contributed by atoms with Crippen LogP contribution in [0.3, 0.4) is 0 Å². The lowest BCUT2D eigenvalue weighted by Gasteiger charge is -2.36. The molecule has 0 spiro atoms. The smallest absolute Gasteiger partial charge is 0.336 e. The van der Waals surface area contributed by atoms with Crippen LogP contribution in [0.15, 0.2) is 35.5 Å². The Labute approximate surface area is 188 Å². The topological polar surface area (TPSA) is 110 Å². The molecule has 8 nitrogen and oxygen atoms in total. The van der Waals surface area contributed by atoms with Gasteiger partial charge in [-0.2, -0.15) is 0 Å². The van der Waals surface area contributed by atoms with Crippen molar-refractivity contribution in [1.82, 2.24) is 9.80 Å². The third-order valence-electron chi connectivity index (χ3n) is 6.34. The van der Waals surface area contributed by atoms with Crippen molar-refractivity contribution in [3.63, 3.8) is 0 Å². The Kier molecular flexibility index (Phi) is 7.33. The molecule has 1 unspecified atom stereocenters. The molecule has 0 radical (unpaired) electrons. The van der Waals surface area contributed by atoms with Crippen molar-refractivity contribution in [3.05, 3.63) is 46.7 Å². The summed E-state index contributed by atoms with van der Waals surface area (Å²) >= 11 is 0. The molecule has 2 aliphatic rings. The number of carbonyl (C=O) groups excluding carboxylic acids is 4. The minimum Gasteiger partial charge on any atom is -0.463 e. The van der Waals surface area contributed by atoms with Gasteiger partial charge in [-0.15, -0.1) is 0 Å². The Morgan fingerprint density at radius 3 is 2.28 bits per heavy atom. The number of likely N-dealkylation sites (tertiary alicyclic amines) is 1. The molecule has 0 aromatic heterocycles. The summed E-state index contributed by atoms with van der Waals surface area (Å²) in [6.07, 6.45) is 1.13. The van der Waals surface area contributed by atoms with E-state index >= 15 is 0 Å². The molecule has 0 bridgehead atoms. The first kappa shape index (κ1) is 23.5. The lowest BCUT2D eigenvalue weighted by Crippen LogP contribution is -2.48. The number of nitrogens with zero attached hydrogens (tertiary/aromatic N) is 2. The van der Waals surface area contributed by atoms with Gasteiger partial charge in [-0.05, 0) is 39.2 Å². The molecule has 2 heterocycles. The summed E-state index contributed by atoms with van der Waals surface area (Å²) in [6.45, 7) is 6.33. The monoisotopic (exact) mass is 441 g/mol. The second-order valence-electron chi connectivity index (χ2n) is 8.42. The zero-order chi connectivity index (χ0) is 23.4. The molecular weight excluding hydrogens is 410 g/mol. The van der Waals surface area contributed by atoms with E-state index in [1.165, 1.54) is 4.90 Å². The van der Waals surface area contributed by atoms with Crippen molar-refractivity contribution < 1.29 is 23.9 Å². The molecule has 1 aromatic carbocycles. The summed E-state index contributed by atoms with van der Waals surface area (Å²) in [5, 5.41) is 0. The number of ether oxygens (including phenoxy) is 1. The van der Waals surface area contributed by atoms with E-state index in [1.807, 2.05) is 31.2 Å². The highest BCUT2D eigenvalue weighted by Gasteiger charge is 2.38. The maximum absolute atomic E-state index is 13.0.